The molecule has 4 heteroatoms. The monoisotopic (exact) mass is 323 g/mol. The lowest BCUT2D eigenvalue weighted by Crippen LogP contribution is -2.46. The van der Waals surface area contributed by atoms with E-state index in [0.29, 0.717) is 18.8 Å². The Kier molecular flexibility index (Phi) is 3.77. The molecular weight excluding hydrogens is 302 g/mol. The Morgan fingerprint density at radius 1 is 1.25 bits per heavy atom. The van der Waals surface area contributed by atoms with Crippen molar-refractivity contribution in [1.82, 2.24) is 4.90 Å². The van der Waals surface area contributed by atoms with Crippen LogP contribution in [0.15, 0.2) is 46.9 Å². The van der Waals surface area contributed by atoms with Crippen molar-refractivity contribution in [3.8, 4) is 0 Å². The van der Waals surface area contributed by atoms with Crippen LogP contribution in [-0.4, -0.2) is 35.1 Å². The number of amides is 1. The first-order chi connectivity index (χ1) is 11.6. The van der Waals surface area contributed by atoms with Gasteiger partial charge in [-0.15, -0.1) is 0 Å². The summed E-state index contributed by atoms with van der Waals surface area (Å²) in [7, 11) is 0. The molecule has 0 aliphatic carbocycles. The standard InChI is InChI=1S/C20H21NO3/c1-13-8-9-21(12-18(13)22)20(23)11-15-10-17-16-5-3-2-4-14(16)6-7-19(17)24-15/h2-7,10,13,18,22H,8-9,11-12H2,1H3. The van der Waals surface area contributed by atoms with E-state index in [1.807, 2.05) is 37.3 Å². The first kappa shape index (κ1) is 15.2. The lowest BCUT2D eigenvalue weighted by molar-refractivity contribution is -0.134. The van der Waals surface area contributed by atoms with Gasteiger partial charge >= 0.3 is 0 Å². The zero-order valence-corrected chi connectivity index (χ0v) is 13.7. The lowest BCUT2D eigenvalue weighted by Gasteiger charge is -2.34. The SMILES string of the molecule is CC1CCN(C(=O)Cc2cc3c(ccc4ccccc43)o2)CC1O. The number of hydrogen-bond acceptors (Lipinski definition) is 3. The second-order valence-electron chi connectivity index (χ2n) is 6.76. The number of piperidine rings is 1. The maximum absolute atomic E-state index is 12.5. The van der Waals surface area contributed by atoms with Crippen LogP contribution in [0, 0.1) is 5.92 Å². The molecule has 0 spiro atoms. The van der Waals surface area contributed by atoms with Crippen LogP contribution in [-0.2, 0) is 11.2 Å². The number of furan rings is 1. The summed E-state index contributed by atoms with van der Waals surface area (Å²) in [5.41, 5.74) is 0.809. The molecule has 2 atom stereocenters. The van der Waals surface area contributed by atoms with Crippen LogP contribution in [0.4, 0.5) is 0 Å². The van der Waals surface area contributed by atoms with Crippen LogP contribution in [0.5, 0.6) is 0 Å². The maximum atomic E-state index is 12.5. The molecule has 0 saturated carbocycles. The summed E-state index contributed by atoms with van der Waals surface area (Å²) in [5, 5.41) is 13.3. The van der Waals surface area contributed by atoms with Gasteiger partial charge < -0.3 is 14.4 Å². The largest absolute Gasteiger partial charge is 0.461 e. The second-order valence-corrected chi connectivity index (χ2v) is 6.76. The second kappa shape index (κ2) is 5.95. The quantitative estimate of drug-likeness (QED) is 0.787. The molecule has 24 heavy (non-hydrogen) atoms. The van der Waals surface area contributed by atoms with Crippen molar-refractivity contribution < 1.29 is 14.3 Å². The van der Waals surface area contributed by atoms with Gasteiger partial charge in [-0.3, -0.25) is 4.79 Å². The van der Waals surface area contributed by atoms with Gasteiger partial charge in [0, 0.05) is 18.5 Å². The number of β-amino-alcohol motifs (C(OH)–C–C–N with tert-alkyl or cyclic N) is 1. The van der Waals surface area contributed by atoms with Crippen molar-refractivity contribution in [1.29, 1.82) is 0 Å². The average molecular weight is 323 g/mol. The maximum Gasteiger partial charge on any atom is 0.230 e. The molecule has 1 N–H and O–H groups in total. The highest BCUT2D eigenvalue weighted by Crippen LogP contribution is 2.28. The Morgan fingerprint density at radius 3 is 2.92 bits per heavy atom. The summed E-state index contributed by atoms with van der Waals surface area (Å²) < 4.78 is 5.88. The Morgan fingerprint density at radius 2 is 2.08 bits per heavy atom. The summed E-state index contributed by atoms with van der Waals surface area (Å²) in [4.78, 5) is 14.3. The van der Waals surface area contributed by atoms with Crippen LogP contribution in [0.1, 0.15) is 19.1 Å². The molecule has 1 fully saturated rings. The topological polar surface area (TPSA) is 53.7 Å². The van der Waals surface area contributed by atoms with Crippen LogP contribution in [0.3, 0.4) is 0 Å². The minimum atomic E-state index is -0.428. The van der Waals surface area contributed by atoms with Crippen LogP contribution >= 0.6 is 0 Å². The van der Waals surface area contributed by atoms with E-state index in [2.05, 4.69) is 12.1 Å². The fraction of sp³-hybridized carbons (Fsp3) is 0.350. The highest BCUT2D eigenvalue weighted by Gasteiger charge is 2.27. The predicted molar refractivity (Wildman–Crippen MR) is 93.8 cm³/mol. The van der Waals surface area contributed by atoms with Crippen LogP contribution in [0.25, 0.3) is 21.7 Å². The fourth-order valence-corrected chi connectivity index (χ4v) is 3.47. The Balaban J connectivity index is 1.58. The van der Waals surface area contributed by atoms with E-state index in [1.54, 1.807) is 4.90 Å². The molecule has 0 bridgehead atoms. The fourth-order valence-electron chi connectivity index (χ4n) is 3.47. The molecule has 0 radical (unpaired) electrons. The van der Waals surface area contributed by atoms with Crippen molar-refractivity contribution in [2.24, 2.45) is 5.92 Å². The number of likely N-dealkylation sites (tertiary alicyclic amines) is 1. The third kappa shape index (κ3) is 2.67. The van der Waals surface area contributed by atoms with E-state index in [4.69, 9.17) is 4.42 Å². The van der Waals surface area contributed by atoms with Crippen molar-refractivity contribution >= 4 is 27.6 Å². The Hall–Kier alpha value is -2.33. The van der Waals surface area contributed by atoms with Crippen molar-refractivity contribution in [3.05, 3.63) is 48.2 Å². The average Bonchev–Trinajstić information content (AvgIpc) is 3.00. The van der Waals surface area contributed by atoms with E-state index in [1.165, 1.54) is 0 Å². The molecule has 4 nitrogen and oxygen atoms in total. The molecular formula is C20H21NO3. The molecule has 3 aromatic rings. The zero-order valence-electron chi connectivity index (χ0n) is 13.7. The molecule has 2 aromatic carbocycles. The predicted octanol–water partition coefficient (Wildman–Crippen LogP) is 3.36. The van der Waals surface area contributed by atoms with Gasteiger partial charge in [0.05, 0.1) is 12.5 Å². The van der Waals surface area contributed by atoms with Crippen molar-refractivity contribution in [2.75, 3.05) is 13.1 Å². The van der Waals surface area contributed by atoms with Crippen molar-refractivity contribution in [3.63, 3.8) is 0 Å². The number of benzene rings is 2. The molecule has 1 amide bonds. The Labute approximate surface area is 140 Å². The smallest absolute Gasteiger partial charge is 0.230 e. The normalized spacial score (nSPS) is 21.5. The summed E-state index contributed by atoms with van der Waals surface area (Å²) in [6, 6.07) is 14.1. The molecule has 1 aliphatic rings. The summed E-state index contributed by atoms with van der Waals surface area (Å²) in [5.74, 6) is 0.954. The molecule has 1 aromatic heterocycles. The van der Waals surface area contributed by atoms with E-state index >= 15 is 0 Å². The van der Waals surface area contributed by atoms with Crippen LogP contribution in [0.2, 0.25) is 0 Å². The van der Waals surface area contributed by atoms with E-state index in [-0.39, 0.29) is 18.2 Å². The summed E-state index contributed by atoms with van der Waals surface area (Å²) in [6.07, 6.45) is 0.657. The number of rotatable bonds is 2. The Bertz CT molecular complexity index is 898. The highest BCUT2D eigenvalue weighted by molar-refractivity contribution is 6.06. The number of carbonyl (C=O) groups excluding carboxylic acids is 1. The molecule has 4 rings (SSSR count). The van der Waals surface area contributed by atoms with Gasteiger partial charge in [-0.05, 0) is 35.2 Å². The third-order valence-corrected chi connectivity index (χ3v) is 5.07. The zero-order chi connectivity index (χ0) is 16.7. The van der Waals surface area contributed by atoms with Gasteiger partial charge in [-0.25, -0.2) is 0 Å². The van der Waals surface area contributed by atoms with Gasteiger partial charge in [0.2, 0.25) is 5.91 Å². The number of fused-ring (bicyclic) bond motifs is 3. The van der Waals surface area contributed by atoms with Gasteiger partial charge in [0.15, 0.2) is 0 Å². The minimum Gasteiger partial charge on any atom is -0.461 e. The van der Waals surface area contributed by atoms with Gasteiger partial charge in [0.25, 0.3) is 0 Å². The first-order valence-electron chi connectivity index (χ1n) is 8.48. The third-order valence-electron chi connectivity index (χ3n) is 5.07. The molecule has 2 heterocycles. The molecule has 124 valence electrons. The summed E-state index contributed by atoms with van der Waals surface area (Å²) in [6.45, 7) is 3.15. The van der Waals surface area contributed by atoms with Gasteiger partial charge in [0.1, 0.15) is 11.3 Å². The first-order valence-corrected chi connectivity index (χ1v) is 8.48. The highest BCUT2D eigenvalue weighted by atomic mass is 16.3. The van der Waals surface area contributed by atoms with Gasteiger partial charge in [-0.2, -0.15) is 0 Å². The molecule has 2 unspecified atom stereocenters. The number of aliphatic hydroxyl groups excluding tert-OH is 1. The van der Waals surface area contributed by atoms with E-state index < -0.39 is 6.10 Å². The lowest BCUT2D eigenvalue weighted by atomic mass is 9.96. The molecule has 1 aliphatic heterocycles. The van der Waals surface area contributed by atoms with Crippen molar-refractivity contribution in [2.45, 2.75) is 25.9 Å². The summed E-state index contributed by atoms with van der Waals surface area (Å²) >= 11 is 0. The number of nitrogens with zero attached hydrogens (tertiary/aromatic N) is 1. The van der Waals surface area contributed by atoms with E-state index in [0.717, 1.165) is 28.2 Å². The number of carbonyl (C=O) groups is 1. The van der Waals surface area contributed by atoms with Crippen LogP contribution < -0.4 is 0 Å². The molecule has 1 saturated heterocycles. The van der Waals surface area contributed by atoms with Gasteiger partial charge in [-0.1, -0.05) is 37.3 Å². The number of aliphatic hydroxyl groups is 1. The van der Waals surface area contributed by atoms with E-state index in [9.17, 15) is 9.90 Å². The number of hydrogen-bond donors (Lipinski definition) is 1. The minimum absolute atomic E-state index is 0.0179.